The molecule has 1 unspecified atom stereocenters. The molecule has 34 heavy (non-hydrogen) atoms. The molecule has 0 bridgehead atoms. The Morgan fingerprint density at radius 1 is 1.00 bits per heavy atom. The third kappa shape index (κ3) is 3.47. The maximum Gasteiger partial charge on any atom is 0.337 e. The second-order valence-corrected chi connectivity index (χ2v) is 8.62. The van der Waals surface area contributed by atoms with Crippen molar-refractivity contribution >= 4 is 44.5 Å². The van der Waals surface area contributed by atoms with Crippen LogP contribution in [0.2, 0.25) is 0 Å². The first-order chi connectivity index (χ1) is 16.4. The smallest absolute Gasteiger partial charge is 0.337 e. The first kappa shape index (κ1) is 21.9. The van der Waals surface area contributed by atoms with Crippen LogP contribution in [0, 0.1) is 0 Å². The maximum absolute atomic E-state index is 13.7. The fourth-order valence-corrected chi connectivity index (χ4v) is 4.57. The lowest BCUT2D eigenvalue weighted by atomic mass is 9.97. The van der Waals surface area contributed by atoms with Crippen molar-refractivity contribution in [2.45, 2.75) is 6.04 Å². The highest BCUT2D eigenvalue weighted by molar-refractivity contribution is 9.10. The predicted octanol–water partition coefficient (Wildman–Crippen LogP) is 5.10. The molecule has 1 aliphatic rings. The minimum Gasteiger partial charge on any atom is -0.497 e. The Morgan fingerprint density at radius 3 is 2.47 bits per heavy atom. The second kappa shape index (κ2) is 8.46. The van der Waals surface area contributed by atoms with Crippen LogP contribution in [0.3, 0.4) is 0 Å². The highest BCUT2D eigenvalue weighted by Gasteiger charge is 2.43. The van der Waals surface area contributed by atoms with Gasteiger partial charge in [0.2, 0.25) is 5.76 Å². The Morgan fingerprint density at radius 2 is 1.76 bits per heavy atom. The lowest BCUT2D eigenvalue weighted by Gasteiger charge is -2.25. The highest BCUT2D eigenvalue weighted by atomic mass is 79.9. The molecule has 1 aromatic heterocycles. The molecule has 0 aliphatic carbocycles. The van der Waals surface area contributed by atoms with Crippen molar-refractivity contribution in [3.05, 3.63) is 104 Å². The number of nitrogens with zero attached hydrogens (tertiary/aromatic N) is 1. The summed E-state index contributed by atoms with van der Waals surface area (Å²) < 4.78 is 16.8. The average Bonchev–Trinajstić information content (AvgIpc) is 3.16. The quantitative estimate of drug-likeness (QED) is 0.348. The molecule has 8 heteroatoms. The minimum absolute atomic E-state index is 0.00955. The van der Waals surface area contributed by atoms with Gasteiger partial charge in [0.25, 0.3) is 5.91 Å². The number of esters is 1. The molecule has 2 heterocycles. The maximum atomic E-state index is 13.7. The van der Waals surface area contributed by atoms with Crippen molar-refractivity contribution in [1.82, 2.24) is 0 Å². The first-order valence-electron chi connectivity index (χ1n) is 10.3. The monoisotopic (exact) mass is 519 g/mol. The summed E-state index contributed by atoms with van der Waals surface area (Å²) in [7, 11) is 2.85. The second-order valence-electron chi connectivity index (χ2n) is 7.71. The van der Waals surface area contributed by atoms with E-state index in [4.69, 9.17) is 13.9 Å². The Kier molecular flexibility index (Phi) is 5.45. The molecule has 1 aliphatic heterocycles. The van der Waals surface area contributed by atoms with Gasteiger partial charge in [-0.1, -0.05) is 34.1 Å². The summed E-state index contributed by atoms with van der Waals surface area (Å²) in [6.45, 7) is 0. The fraction of sp³-hybridized carbons (Fsp3) is 0.115. The molecule has 5 rings (SSSR count). The van der Waals surface area contributed by atoms with Crippen molar-refractivity contribution in [1.29, 1.82) is 0 Å². The summed E-state index contributed by atoms with van der Waals surface area (Å²) in [5, 5.41) is 0.365. The first-order valence-corrected chi connectivity index (χ1v) is 11.1. The molecule has 0 spiro atoms. The Labute approximate surface area is 202 Å². The fourth-order valence-electron chi connectivity index (χ4n) is 4.21. The van der Waals surface area contributed by atoms with Crippen LogP contribution in [0.15, 0.2) is 80.4 Å². The summed E-state index contributed by atoms with van der Waals surface area (Å²) in [5.41, 5.74) is 1.82. The number of hydrogen-bond acceptors (Lipinski definition) is 6. The number of carbonyl (C=O) groups is 2. The van der Waals surface area contributed by atoms with Gasteiger partial charge in [0.05, 0.1) is 36.8 Å². The lowest BCUT2D eigenvalue weighted by Crippen LogP contribution is -2.29. The van der Waals surface area contributed by atoms with Crippen LogP contribution < -0.4 is 15.1 Å². The number of carbonyl (C=O) groups excluding carboxylic acids is 2. The Balaban J connectivity index is 1.76. The van der Waals surface area contributed by atoms with Crippen LogP contribution in [0.5, 0.6) is 5.75 Å². The van der Waals surface area contributed by atoms with Crippen molar-refractivity contribution in [2.24, 2.45) is 0 Å². The van der Waals surface area contributed by atoms with Gasteiger partial charge >= 0.3 is 5.97 Å². The van der Waals surface area contributed by atoms with Crippen molar-refractivity contribution < 1.29 is 23.5 Å². The minimum atomic E-state index is -0.763. The summed E-state index contributed by atoms with van der Waals surface area (Å²) in [6.07, 6.45) is 0. The molecule has 0 N–H and O–H groups in total. The van der Waals surface area contributed by atoms with E-state index < -0.39 is 17.9 Å². The molecule has 4 aromatic rings. The van der Waals surface area contributed by atoms with E-state index in [1.165, 1.54) is 12.0 Å². The molecule has 0 saturated carbocycles. The summed E-state index contributed by atoms with van der Waals surface area (Å²) in [4.78, 5) is 40.7. The SMILES string of the molecule is COC(=O)c1ccc(C2c3c(oc4ccc(Br)cc4c3=O)C(=O)N2c2cccc(OC)c2)cc1. The molecule has 7 nitrogen and oxygen atoms in total. The third-order valence-corrected chi connectivity index (χ3v) is 6.30. The van der Waals surface area contributed by atoms with Crippen LogP contribution in [0.4, 0.5) is 5.69 Å². The van der Waals surface area contributed by atoms with Gasteiger partial charge in [-0.15, -0.1) is 0 Å². The summed E-state index contributed by atoms with van der Waals surface area (Å²) in [6, 6.07) is 18.0. The van der Waals surface area contributed by atoms with Crippen molar-refractivity contribution in [2.75, 3.05) is 19.1 Å². The van der Waals surface area contributed by atoms with Crippen molar-refractivity contribution in [3.8, 4) is 5.75 Å². The van der Waals surface area contributed by atoms with Gasteiger partial charge in [-0.25, -0.2) is 4.79 Å². The Bertz CT molecular complexity index is 1510. The average molecular weight is 520 g/mol. The van der Waals surface area contributed by atoms with Crippen LogP contribution >= 0.6 is 15.9 Å². The number of amides is 1. The standard InChI is InChI=1S/C26H18BrNO6/c1-32-18-5-3-4-17(13-18)28-22(14-6-8-15(9-7-14)26(31)33-2)21-23(29)19-12-16(27)10-11-20(19)34-24(21)25(28)30/h3-13,22H,1-2H3. The van der Waals surface area contributed by atoms with Crippen LogP contribution in [0.1, 0.15) is 38.1 Å². The summed E-state index contributed by atoms with van der Waals surface area (Å²) in [5.74, 6) is -0.360. The van der Waals surface area contributed by atoms with E-state index in [1.54, 1.807) is 73.8 Å². The van der Waals surface area contributed by atoms with Gasteiger partial charge in [-0.2, -0.15) is 0 Å². The number of benzene rings is 3. The van der Waals surface area contributed by atoms with E-state index in [1.807, 2.05) is 0 Å². The normalized spacial score (nSPS) is 14.9. The van der Waals surface area contributed by atoms with E-state index in [0.717, 1.165) is 4.47 Å². The van der Waals surface area contributed by atoms with Gasteiger partial charge in [0, 0.05) is 16.2 Å². The van der Waals surface area contributed by atoms with Gasteiger partial charge in [-0.3, -0.25) is 14.5 Å². The number of ether oxygens (including phenoxy) is 2. The Hall–Kier alpha value is -3.91. The van der Waals surface area contributed by atoms with Gasteiger partial charge in [0.1, 0.15) is 11.3 Å². The number of anilines is 1. The largest absolute Gasteiger partial charge is 0.497 e. The number of methoxy groups -OCH3 is 2. The van der Waals surface area contributed by atoms with Gasteiger partial charge in [0.15, 0.2) is 5.43 Å². The number of halogens is 1. The van der Waals surface area contributed by atoms with E-state index in [2.05, 4.69) is 15.9 Å². The number of rotatable bonds is 4. The highest BCUT2D eigenvalue weighted by Crippen LogP contribution is 2.42. The lowest BCUT2D eigenvalue weighted by molar-refractivity contribution is 0.0600. The molecule has 1 amide bonds. The molecule has 170 valence electrons. The third-order valence-electron chi connectivity index (χ3n) is 5.81. The molecular formula is C26H18BrNO6. The molecule has 0 saturated heterocycles. The van der Waals surface area contributed by atoms with Crippen LogP contribution in [-0.2, 0) is 4.74 Å². The zero-order valence-electron chi connectivity index (χ0n) is 18.2. The topological polar surface area (TPSA) is 86.0 Å². The summed E-state index contributed by atoms with van der Waals surface area (Å²) >= 11 is 3.40. The number of fused-ring (bicyclic) bond motifs is 2. The molecule has 3 aromatic carbocycles. The van der Waals surface area contributed by atoms with Gasteiger partial charge in [-0.05, 0) is 48.0 Å². The predicted molar refractivity (Wildman–Crippen MR) is 130 cm³/mol. The zero-order chi connectivity index (χ0) is 24.0. The molecule has 0 fully saturated rings. The van der Waals surface area contributed by atoms with E-state index >= 15 is 0 Å². The van der Waals surface area contributed by atoms with E-state index in [9.17, 15) is 14.4 Å². The van der Waals surface area contributed by atoms with Crippen LogP contribution in [-0.4, -0.2) is 26.1 Å². The number of hydrogen-bond donors (Lipinski definition) is 0. The zero-order valence-corrected chi connectivity index (χ0v) is 19.8. The molecular weight excluding hydrogens is 502 g/mol. The van der Waals surface area contributed by atoms with Crippen LogP contribution in [0.25, 0.3) is 11.0 Å². The molecule has 0 radical (unpaired) electrons. The molecule has 1 atom stereocenters. The van der Waals surface area contributed by atoms with Crippen molar-refractivity contribution in [3.63, 3.8) is 0 Å². The van der Waals surface area contributed by atoms with E-state index in [-0.39, 0.29) is 16.8 Å². The van der Waals surface area contributed by atoms with Gasteiger partial charge < -0.3 is 13.9 Å². The van der Waals surface area contributed by atoms with E-state index in [0.29, 0.717) is 33.5 Å².